The molecule has 1 rings (SSSR count). The highest BCUT2D eigenvalue weighted by atomic mass is 16.3. The Bertz CT molecular complexity index is 397. The van der Waals surface area contributed by atoms with Crippen LogP contribution in [0.4, 0.5) is 0 Å². The minimum atomic E-state index is 0.458. The van der Waals surface area contributed by atoms with E-state index in [0.717, 1.165) is 5.56 Å². The Morgan fingerprint density at radius 3 is 2.00 bits per heavy atom. The molecule has 0 aliphatic rings. The van der Waals surface area contributed by atoms with Gasteiger partial charge < -0.3 is 5.11 Å². The SMILES string of the molecule is CCCCCC(C)c1ccc(O)c(C(C)CCCCC)c1. The van der Waals surface area contributed by atoms with Gasteiger partial charge in [0.25, 0.3) is 0 Å². The Morgan fingerprint density at radius 1 is 0.857 bits per heavy atom. The van der Waals surface area contributed by atoms with Gasteiger partial charge in [0, 0.05) is 0 Å². The molecule has 0 radical (unpaired) electrons. The van der Waals surface area contributed by atoms with Crippen LogP contribution in [0.25, 0.3) is 0 Å². The molecule has 0 heterocycles. The van der Waals surface area contributed by atoms with E-state index in [4.69, 9.17) is 0 Å². The van der Waals surface area contributed by atoms with Gasteiger partial charge in [-0.25, -0.2) is 0 Å². The highest BCUT2D eigenvalue weighted by Gasteiger charge is 2.13. The summed E-state index contributed by atoms with van der Waals surface area (Å²) < 4.78 is 0. The Kier molecular flexibility index (Phi) is 8.49. The molecule has 0 aliphatic carbocycles. The summed E-state index contributed by atoms with van der Waals surface area (Å²) in [5.41, 5.74) is 2.53. The first-order valence-electron chi connectivity index (χ1n) is 8.92. The molecule has 0 saturated heterocycles. The van der Waals surface area contributed by atoms with Crippen LogP contribution >= 0.6 is 0 Å². The van der Waals surface area contributed by atoms with Gasteiger partial charge in [0.15, 0.2) is 0 Å². The van der Waals surface area contributed by atoms with Crippen LogP contribution in [0.1, 0.15) is 102 Å². The van der Waals surface area contributed by atoms with E-state index in [2.05, 4.69) is 39.8 Å². The minimum Gasteiger partial charge on any atom is -0.508 e. The van der Waals surface area contributed by atoms with Gasteiger partial charge in [-0.05, 0) is 41.9 Å². The summed E-state index contributed by atoms with van der Waals surface area (Å²) in [5.74, 6) is 1.53. The molecule has 1 nitrogen and oxygen atoms in total. The summed E-state index contributed by atoms with van der Waals surface area (Å²) in [4.78, 5) is 0. The number of benzene rings is 1. The van der Waals surface area contributed by atoms with Crippen molar-refractivity contribution in [1.29, 1.82) is 0 Å². The number of unbranched alkanes of at least 4 members (excludes halogenated alkanes) is 4. The van der Waals surface area contributed by atoms with Crippen molar-refractivity contribution >= 4 is 0 Å². The van der Waals surface area contributed by atoms with Crippen molar-refractivity contribution in [3.05, 3.63) is 29.3 Å². The molecular weight excluding hydrogens is 256 g/mol. The van der Waals surface area contributed by atoms with Crippen LogP contribution in [0.5, 0.6) is 5.75 Å². The Labute approximate surface area is 131 Å². The van der Waals surface area contributed by atoms with Crippen molar-refractivity contribution in [3.63, 3.8) is 0 Å². The van der Waals surface area contributed by atoms with Crippen LogP contribution in [0.15, 0.2) is 18.2 Å². The van der Waals surface area contributed by atoms with E-state index in [-0.39, 0.29) is 0 Å². The van der Waals surface area contributed by atoms with Crippen molar-refractivity contribution in [2.24, 2.45) is 0 Å². The molecule has 0 aromatic heterocycles. The zero-order chi connectivity index (χ0) is 15.7. The summed E-state index contributed by atoms with van der Waals surface area (Å²) in [6, 6.07) is 6.26. The van der Waals surface area contributed by atoms with E-state index >= 15 is 0 Å². The van der Waals surface area contributed by atoms with Crippen molar-refractivity contribution in [1.82, 2.24) is 0 Å². The number of phenolic OH excluding ortho intramolecular Hbond substituents is 1. The molecule has 1 N–H and O–H groups in total. The quantitative estimate of drug-likeness (QED) is 0.472. The highest BCUT2D eigenvalue weighted by Crippen LogP contribution is 2.33. The van der Waals surface area contributed by atoms with E-state index in [0.29, 0.717) is 17.6 Å². The van der Waals surface area contributed by atoms with Gasteiger partial charge in [0.1, 0.15) is 5.75 Å². The molecule has 0 fully saturated rings. The van der Waals surface area contributed by atoms with E-state index < -0.39 is 0 Å². The van der Waals surface area contributed by atoms with Gasteiger partial charge >= 0.3 is 0 Å². The van der Waals surface area contributed by atoms with Crippen LogP contribution < -0.4 is 0 Å². The lowest BCUT2D eigenvalue weighted by atomic mass is 9.88. The maximum absolute atomic E-state index is 10.2. The molecule has 0 bridgehead atoms. The molecule has 0 spiro atoms. The van der Waals surface area contributed by atoms with Gasteiger partial charge in [-0.15, -0.1) is 0 Å². The number of aromatic hydroxyl groups is 1. The first-order chi connectivity index (χ1) is 10.1. The molecule has 120 valence electrons. The van der Waals surface area contributed by atoms with Crippen molar-refractivity contribution < 1.29 is 5.11 Å². The summed E-state index contributed by atoms with van der Waals surface area (Å²) in [7, 11) is 0. The molecular formula is C20H34O. The minimum absolute atomic E-state index is 0.458. The van der Waals surface area contributed by atoms with Crippen molar-refractivity contribution in [2.75, 3.05) is 0 Å². The fourth-order valence-electron chi connectivity index (χ4n) is 3.00. The average molecular weight is 290 g/mol. The molecule has 1 heteroatoms. The number of hydrogen-bond donors (Lipinski definition) is 1. The normalized spacial score (nSPS) is 14.1. The van der Waals surface area contributed by atoms with Gasteiger partial charge in [0.2, 0.25) is 0 Å². The first-order valence-corrected chi connectivity index (χ1v) is 8.92. The second-order valence-electron chi connectivity index (χ2n) is 6.61. The summed E-state index contributed by atoms with van der Waals surface area (Å²) in [6.07, 6.45) is 10.1. The van der Waals surface area contributed by atoms with E-state index in [1.165, 1.54) is 56.9 Å². The van der Waals surface area contributed by atoms with E-state index in [9.17, 15) is 5.11 Å². The van der Waals surface area contributed by atoms with E-state index in [1.54, 1.807) is 0 Å². The molecule has 2 unspecified atom stereocenters. The molecule has 0 saturated carbocycles. The Morgan fingerprint density at radius 2 is 1.43 bits per heavy atom. The fraction of sp³-hybridized carbons (Fsp3) is 0.700. The number of hydrogen-bond acceptors (Lipinski definition) is 1. The number of rotatable bonds is 10. The molecule has 1 aromatic carbocycles. The van der Waals surface area contributed by atoms with Gasteiger partial charge in [0.05, 0.1) is 0 Å². The second-order valence-corrected chi connectivity index (χ2v) is 6.61. The first kappa shape index (κ1) is 18.1. The molecule has 21 heavy (non-hydrogen) atoms. The van der Waals surface area contributed by atoms with E-state index in [1.807, 2.05) is 6.07 Å². The fourth-order valence-corrected chi connectivity index (χ4v) is 3.00. The van der Waals surface area contributed by atoms with Crippen molar-refractivity contribution in [3.8, 4) is 5.75 Å². The highest BCUT2D eigenvalue weighted by molar-refractivity contribution is 5.39. The van der Waals surface area contributed by atoms with Gasteiger partial charge in [-0.3, -0.25) is 0 Å². The third-order valence-corrected chi connectivity index (χ3v) is 4.63. The van der Waals surface area contributed by atoms with Crippen LogP contribution in [0.3, 0.4) is 0 Å². The maximum atomic E-state index is 10.2. The summed E-state index contributed by atoms with van der Waals surface area (Å²) in [6.45, 7) is 9.05. The smallest absolute Gasteiger partial charge is 0.119 e. The van der Waals surface area contributed by atoms with Crippen LogP contribution in [0, 0.1) is 0 Å². The lowest BCUT2D eigenvalue weighted by Gasteiger charge is -2.18. The Hall–Kier alpha value is -0.980. The summed E-state index contributed by atoms with van der Waals surface area (Å²) in [5, 5.41) is 10.2. The maximum Gasteiger partial charge on any atom is 0.119 e. The standard InChI is InChI=1S/C20H34O/c1-5-7-9-11-16(3)18-13-14-20(21)19(15-18)17(4)12-10-8-6-2/h13-17,21H,5-12H2,1-4H3. The lowest BCUT2D eigenvalue weighted by Crippen LogP contribution is -1.99. The molecule has 0 aliphatic heterocycles. The topological polar surface area (TPSA) is 20.2 Å². The van der Waals surface area contributed by atoms with Crippen LogP contribution in [-0.4, -0.2) is 5.11 Å². The van der Waals surface area contributed by atoms with Crippen LogP contribution in [-0.2, 0) is 0 Å². The average Bonchev–Trinajstić information content (AvgIpc) is 2.48. The van der Waals surface area contributed by atoms with Crippen molar-refractivity contribution in [2.45, 2.75) is 90.9 Å². The lowest BCUT2D eigenvalue weighted by molar-refractivity contribution is 0.457. The molecule has 2 atom stereocenters. The zero-order valence-electron chi connectivity index (χ0n) is 14.5. The predicted octanol–water partition coefficient (Wildman–Crippen LogP) is 6.76. The molecule has 0 amide bonds. The van der Waals surface area contributed by atoms with Crippen LogP contribution in [0.2, 0.25) is 0 Å². The number of phenols is 1. The Balaban J connectivity index is 2.69. The zero-order valence-corrected chi connectivity index (χ0v) is 14.5. The second kappa shape index (κ2) is 9.87. The third-order valence-electron chi connectivity index (χ3n) is 4.63. The molecule has 1 aromatic rings. The summed E-state index contributed by atoms with van der Waals surface area (Å²) >= 11 is 0. The third kappa shape index (κ3) is 6.11. The van der Waals surface area contributed by atoms with Gasteiger partial charge in [-0.1, -0.05) is 78.4 Å². The van der Waals surface area contributed by atoms with Gasteiger partial charge in [-0.2, -0.15) is 0 Å². The largest absolute Gasteiger partial charge is 0.508 e. The monoisotopic (exact) mass is 290 g/mol. The predicted molar refractivity (Wildman–Crippen MR) is 93.2 cm³/mol.